The monoisotopic (exact) mass is 402 g/mol. The van der Waals surface area contributed by atoms with Crippen LogP contribution in [0.25, 0.3) is 5.65 Å². The van der Waals surface area contributed by atoms with Gasteiger partial charge in [-0.2, -0.15) is 5.10 Å². The second kappa shape index (κ2) is 7.81. The number of hydrogen-bond donors (Lipinski definition) is 1. The molecule has 1 amide bonds. The molecule has 1 saturated carbocycles. The molecule has 9 heteroatoms. The summed E-state index contributed by atoms with van der Waals surface area (Å²) >= 11 is 0. The average Bonchev–Trinajstić information content (AvgIpc) is 3.34. The maximum atomic E-state index is 13.0. The number of nitrogens with zero attached hydrogens (tertiary/aromatic N) is 5. The Hall–Kier alpha value is -2.97. The van der Waals surface area contributed by atoms with Crippen molar-refractivity contribution in [1.29, 1.82) is 0 Å². The highest BCUT2D eigenvalue weighted by Gasteiger charge is 2.27. The number of amides is 1. The summed E-state index contributed by atoms with van der Waals surface area (Å²) < 4.78 is 29.4. The molecular formula is C20H24F2N6O. The topological polar surface area (TPSA) is 67.5 Å². The summed E-state index contributed by atoms with van der Waals surface area (Å²) in [7, 11) is 3.73. The highest BCUT2D eigenvalue weighted by atomic mass is 19.3. The largest absolute Gasteiger partial charge is 0.358 e. The number of carbonyl (C=O) groups is 1. The lowest BCUT2D eigenvalue weighted by Gasteiger charge is -2.36. The first-order valence-electron chi connectivity index (χ1n) is 9.72. The number of hydrogen-bond acceptors (Lipinski definition) is 4. The van der Waals surface area contributed by atoms with E-state index >= 15 is 0 Å². The van der Waals surface area contributed by atoms with Crippen LogP contribution in [-0.2, 0) is 7.05 Å². The number of nitrogens with one attached hydrogen (secondary N) is 1. The van der Waals surface area contributed by atoms with E-state index in [1.165, 1.54) is 6.20 Å². The van der Waals surface area contributed by atoms with E-state index in [9.17, 15) is 13.6 Å². The minimum Gasteiger partial charge on any atom is -0.358 e. The first-order chi connectivity index (χ1) is 13.9. The van der Waals surface area contributed by atoms with Crippen molar-refractivity contribution in [2.75, 3.05) is 11.9 Å². The lowest BCUT2D eigenvalue weighted by Crippen LogP contribution is -2.43. The number of imidazole rings is 1. The van der Waals surface area contributed by atoms with E-state index in [0.29, 0.717) is 11.3 Å². The van der Waals surface area contributed by atoms with Gasteiger partial charge in [0.1, 0.15) is 22.9 Å². The van der Waals surface area contributed by atoms with E-state index in [0.717, 1.165) is 31.5 Å². The van der Waals surface area contributed by atoms with Crippen molar-refractivity contribution in [3.63, 3.8) is 0 Å². The van der Waals surface area contributed by atoms with Crippen LogP contribution >= 0.6 is 0 Å². The van der Waals surface area contributed by atoms with E-state index < -0.39 is 6.43 Å². The quantitative estimate of drug-likeness (QED) is 0.712. The van der Waals surface area contributed by atoms with E-state index in [1.807, 2.05) is 19.2 Å². The van der Waals surface area contributed by atoms with Gasteiger partial charge < -0.3 is 10.2 Å². The molecule has 0 aromatic carbocycles. The van der Waals surface area contributed by atoms with Gasteiger partial charge in [-0.05, 0) is 43.9 Å². The van der Waals surface area contributed by atoms with Crippen LogP contribution in [0.15, 0.2) is 36.7 Å². The van der Waals surface area contributed by atoms with Crippen molar-refractivity contribution >= 4 is 17.4 Å². The number of pyridine rings is 1. The predicted molar refractivity (Wildman–Crippen MR) is 105 cm³/mol. The third-order valence-corrected chi connectivity index (χ3v) is 5.71. The minimum absolute atomic E-state index is 0.107. The van der Waals surface area contributed by atoms with Crippen molar-refractivity contribution in [1.82, 2.24) is 24.5 Å². The average molecular weight is 402 g/mol. The van der Waals surface area contributed by atoms with Crippen LogP contribution in [0.1, 0.15) is 48.3 Å². The van der Waals surface area contributed by atoms with E-state index in [-0.39, 0.29) is 23.7 Å². The van der Waals surface area contributed by atoms with Crippen molar-refractivity contribution in [2.45, 2.75) is 44.2 Å². The third-order valence-electron chi connectivity index (χ3n) is 5.71. The Balaban J connectivity index is 1.42. The maximum absolute atomic E-state index is 13.0. The van der Waals surface area contributed by atoms with Crippen LogP contribution in [0.5, 0.6) is 0 Å². The zero-order valence-corrected chi connectivity index (χ0v) is 16.4. The molecule has 1 aliphatic carbocycles. The molecule has 154 valence electrons. The first-order valence-corrected chi connectivity index (χ1v) is 9.72. The fourth-order valence-corrected chi connectivity index (χ4v) is 4.06. The van der Waals surface area contributed by atoms with Crippen LogP contribution in [0, 0.1) is 0 Å². The Morgan fingerprint density at radius 3 is 2.66 bits per heavy atom. The van der Waals surface area contributed by atoms with E-state index in [2.05, 4.69) is 20.3 Å². The SMILES string of the molecule is Cn1nccc1C(=O)N[C@H]1CC[C@@H](N(C)c2cccc3nc(C(F)F)cn23)CC1. The lowest BCUT2D eigenvalue weighted by atomic mass is 9.90. The molecule has 0 spiro atoms. The molecule has 1 aliphatic rings. The molecule has 3 aromatic heterocycles. The third kappa shape index (κ3) is 3.81. The summed E-state index contributed by atoms with van der Waals surface area (Å²) in [5.41, 5.74) is 0.847. The fraction of sp³-hybridized carbons (Fsp3) is 0.450. The Morgan fingerprint density at radius 2 is 2.00 bits per heavy atom. The summed E-state index contributed by atoms with van der Waals surface area (Å²) in [6.07, 6.45) is 3.95. The van der Waals surface area contributed by atoms with Crippen molar-refractivity contribution < 1.29 is 13.6 Å². The smallest absolute Gasteiger partial charge is 0.281 e. The second-order valence-electron chi connectivity index (χ2n) is 7.51. The number of carbonyl (C=O) groups excluding carboxylic acids is 1. The molecule has 0 atom stereocenters. The standard InChI is InChI=1S/C20H24F2N6O/c1-26(18-5-3-4-17-25-15(19(21)22)12-28(17)18)14-8-6-13(7-9-14)24-20(29)16-10-11-23-27(16)2/h3-5,10-14,19H,6-9H2,1-2H3,(H,24,29)/t13-,14+. The van der Waals surface area contributed by atoms with Crippen molar-refractivity contribution in [3.05, 3.63) is 48.0 Å². The normalized spacial score (nSPS) is 19.6. The predicted octanol–water partition coefficient (Wildman–Crippen LogP) is 3.18. The Morgan fingerprint density at radius 1 is 1.24 bits per heavy atom. The lowest BCUT2D eigenvalue weighted by molar-refractivity contribution is 0.0916. The zero-order valence-electron chi connectivity index (χ0n) is 16.4. The summed E-state index contributed by atoms with van der Waals surface area (Å²) in [4.78, 5) is 18.5. The van der Waals surface area contributed by atoms with Crippen molar-refractivity contribution in [3.8, 4) is 0 Å². The highest BCUT2D eigenvalue weighted by molar-refractivity contribution is 5.92. The number of aryl methyl sites for hydroxylation is 1. The zero-order chi connectivity index (χ0) is 20.5. The molecule has 0 aliphatic heterocycles. The Bertz CT molecular complexity index is 1010. The minimum atomic E-state index is -2.59. The van der Waals surface area contributed by atoms with Crippen LogP contribution in [0.3, 0.4) is 0 Å². The van der Waals surface area contributed by atoms with Gasteiger partial charge in [0.15, 0.2) is 0 Å². The Labute approximate surface area is 167 Å². The van der Waals surface area contributed by atoms with Crippen LogP contribution in [-0.4, -0.2) is 44.2 Å². The Kier molecular flexibility index (Phi) is 5.21. The highest BCUT2D eigenvalue weighted by Crippen LogP contribution is 2.28. The van der Waals surface area contributed by atoms with E-state index in [4.69, 9.17) is 0 Å². The maximum Gasteiger partial charge on any atom is 0.281 e. The van der Waals surface area contributed by atoms with Gasteiger partial charge in [0.25, 0.3) is 12.3 Å². The fourth-order valence-electron chi connectivity index (χ4n) is 4.06. The van der Waals surface area contributed by atoms with Gasteiger partial charge in [0, 0.05) is 38.6 Å². The molecular weight excluding hydrogens is 378 g/mol. The second-order valence-corrected chi connectivity index (χ2v) is 7.51. The summed E-state index contributed by atoms with van der Waals surface area (Å²) in [6, 6.07) is 7.57. The number of halogens is 2. The number of aromatic nitrogens is 4. The summed E-state index contributed by atoms with van der Waals surface area (Å²) in [5, 5.41) is 7.12. The number of fused-ring (bicyclic) bond motifs is 1. The van der Waals surface area contributed by atoms with Gasteiger partial charge in [-0.15, -0.1) is 0 Å². The molecule has 0 radical (unpaired) electrons. The first kappa shape index (κ1) is 19.4. The number of rotatable bonds is 5. The molecule has 0 bridgehead atoms. The molecule has 7 nitrogen and oxygen atoms in total. The van der Waals surface area contributed by atoms with Crippen LogP contribution in [0.4, 0.5) is 14.6 Å². The molecule has 29 heavy (non-hydrogen) atoms. The van der Waals surface area contributed by atoms with Crippen molar-refractivity contribution in [2.24, 2.45) is 7.05 Å². The molecule has 1 fully saturated rings. The van der Waals surface area contributed by atoms with Gasteiger partial charge >= 0.3 is 0 Å². The van der Waals surface area contributed by atoms with Gasteiger partial charge in [-0.25, -0.2) is 13.8 Å². The summed E-state index contributed by atoms with van der Waals surface area (Å²) in [6.45, 7) is 0. The van der Waals surface area contributed by atoms with Crippen LogP contribution < -0.4 is 10.2 Å². The van der Waals surface area contributed by atoms with Gasteiger partial charge in [-0.3, -0.25) is 13.9 Å². The molecule has 0 saturated heterocycles. The molecule has 0 unspecified atom stereocenters. The molecule has 1 N–H and O–H groups in total. The summed E-state index contributed by atoms with van der Waals surface area (Å²) in [5.74, 6) is 0.730. The van der Waals surface area contributed by atoms with Crippen LogP contribution in [0.2, 0.25) is 0 Å². The molecule has 3 heterocycles. The molecule has 3 aromatic rings. The number of alkyl halides is 2. The van der Waals surface area contributed by atoms with Gasteiger partial charge in [-0.1, -0.05) is 6.07 Å². The van der Waals surface area contributed by atoms with Gasteiger partial charge in [0.05, 0.1) is 0 Å². The number of anilines is 1. The van der Waals surface area contributed by atoms with Gasteiger partial charge in [0.2, 0.25) is 0 Å². The van der Waals surface area contributed by atoms with E-state index in [1.54, 1.807) is 34.5 Å². The molecule has 4 rings (SSSR count).